The normalized spacial score (nSPS) is 10.8. The molecule has 0 spiro atoms. The first kappa shape index (κ1) is 11.9. The number of rotatable bonds is 4. The molecule has 6 nitrogen and oxygen atoms in total. The van der Waals surface area contributed by atoms with Crippen molar-refractivity contribution >= 4 is 11.3 Å². The minimum absolute atomic E-state index is 0.416. The van der Waals surface area contributed by atoms with E-state index in [0.29, 0.717) is 30.4 Å². The number of pyridine rings is 1. The van der Waals surface area contributed by atoms with Crippen LogP contribution in [0.1, 0.15) is 16.5 Å². The lowest BCUT2D eigenvalue weighted by Gasteiger charge is -1.92. The average Bonchev–Trinajstić information content (AvgIpc) is 3.08. The molecule has 96 valence electrons. The van der Waals surface area contributed by atoms with Crippen molar-refractivity contribution in [3.8, 4) is 11.6 Å². The highest BCUT2D eigenvalue weighted by molar-refractivity contribution is 7.09. The van der Waals surface area contributed by atoms with Crippen molar-refractivity contribution in [3.05, 3.63) is 46.3 Å². The lowest BCUT2D eigenvalue weighted by atomic mass is 10.2. The van der Waals surface area contributed by atoms with E-state index in [0.717, 1.165) is 10.7 Å². The second kappa shape index (κ2) is 5.25. The van der Waals surface area contributed by atoms with Crippen LogP contribution >= 0.6 is 11.3 Å². The molecule has 0 bridgehead atoms. The van der Waals surface area contributed by atoms with Crippen LogP contribution in [-0.2, 0) is 13.0 Å². The number of hydrogen-bond acceptors (Lipinski definition) is 7. The summed E-state index contributed by atoms with van der Waals surface area (Å²) in [6, 6.07) is 5.72. The molecular formula is C12H11N5OS. The summed E-state index contributed by atoms with van der Waals surface area (Å²) in [4.78, 5) is 12.8. The van der Waals surface area contributed by atoms with Crippen LogP contribution in [0.15, 0.2) is 34.3 Å². The molecule has 3 rings (SSSR count). The summed E-state index contributed by atoms with van der Waals surface area (Å²) < 4.78 is 5.20. The maximum absolute atomic E-state index is 5.52. The molecular weight excluding hydrogens is 262 g/mol. The number of nitrogens with zero attached hydrogens (tertiary/aromatic N) is 4. The smallest absolute Gasteiger partial charge is 0.277 e. The van der Waals surface area contributed by atoms with Gasteiger partial charge >= 0.3 is 0 Å². The minimum Gasteiger partial charge on any atom is -0.332 e. The lowest BCUT2D eigenvalue weighted by molar-refractivity contribution is 0.422. The van der Waals surface area contributed by atoms with Gasteiger partial charge in [0.05, 0.1) is 6.42 Å². The van der Waals surface area contributed by atoms with Gasteiger partial charge in [0, 0.05) is 23.8 Å². The van der Waals surface area contributed by atoms with Crippen molar-refractivity contribution in [2.75, 3.05) is 0 Å². The third kappa shape index (κ3) is 2.67. The summed E-state index contributed by atoms with van der Waals surface area (Å²) in [6.45, 7) is 0.416. The van der Waals surface area contributed by atoms with Gasteiger partial charge in [0.15, 0.2) is 5.82 Å². The summed E-state index contributed by atoms with van der Waals surface area (Å²) in [7, 11) is 0. The first-order valence-corrected chi connectivity index (χ1v) is 6.60. The molecule has 0 atom stereocenters. The Hall–Kier alpha value is -2.12. The van der Waals surface area contributed by atoms with E-state index in [4.69, 9.17) is 10.3 Å². The Morgan fingerprint density at radius 2 is 2.21 bits per heavy atom. The Kier molecular flexibility index (Phi) is 3.30. The highest BCUT2D eigenvalue weighted by atomic mass is 32.1. The van der Waals surface area contributed by atoms with E-state index in [1.54, 1.807) is 6.20 Å². The molecule has 0 saturated heterocycles. The number of hydrogen-bond donors (Lipinski definition) is 1. The van der Waals surface area contributed by atoms with Crippen LogP contribution in [0.4, 0.5) is 0 Å². The van der Waals surface area contributed by atoms with Gasteiger partial charge in [0.2, 0.25) is 0 Å². The summed E-state index contributed by atoms with van der Waals surface area (Å²) in [5, 5.41) is 6.64. The Balaban J connectivity index is 1.79. The third-order valence-electron chi connectivity index (χ3n) is 2.48. The van der Waals surface area contributed by atoms with Gasteiger partial charge < -0.3 is 10.3 Å². The molecule has 0 fully saturated rings. The summed E-state index contributed by atoms with van der Waals surface area (Å²) in [5.41, 5.74) is 7.09. The fourth-order valence-electron chi connectivity index (χ4n) is 1.60. The van der Waals surface area contributed by atoms with Crippen LogP contribution in [0.5, 0.6) is 0 Å². The molecule has 3 aromatic heterocycles. The predicted octanol–water partition coefficient (Wildman–Crippen LogP) is 1.64. The highest BCUT2D eigenvalue weighted by Crippen LogP contribution is 2.20. The van der Waals surface area contributed by atoms with Crippen molar-refractivity contribution in [1.82, 2.24) is 20.1 Å². The SMILES string of the molecule is NCc1nc(-c2nc(Cc3ccccn3)no2)cs1. The van der Waals surface area contributed by atoms with Gasteiger partial charge in [0.1, 0.15) is 10.7 Å². The number of thiazole rings is 1. The standard InChI is InChI=1S/C12H11N5OS/c13-6-11-15-9(7-19-11)12-16-10(17-18-12)5-8-3-1-2-4-14-8/h1-4,7H,5-6,13H2. The fourth-order valence-corrected chi connectivity index (χ4v) is 2.25. The van der Waals surface area contributed by atoms with E-state index in [-0.39, 0.29) is 0 Å². The van der Waals surface area contributed by atoms with Crippen LogP contribution in [0, 0.1) is 0 Å². The van der Waals surface area contributed by atoms with Gasteiger partial charge in [0.25, 0.3) is 5.89 Å². The molecule has 0 aliphatic carbocycles. The highest BCUT2D eigenvalue weighted by Gasteiger charge is 2.12. The van der Waals surface area contributed by atoms with Crippen LogP contribution in [0.3, 0.4) is 0 Å². The zero-order valence-corrected chi connectivity index (χ0v) is 10.8. The van der Waals surface area contributed by atoms with Gasteiger partial charge in [-0.15, -0.1) is 11.3 Å². The topological polar surface area (TPSA) is 90.7 Å². The van der Waals surface area contributed by atoms with E-state index in [2.05, 4.69) is 20.1 Å². The molecule has 2 N–H and O–H groups in total. The van der Waals surface area contributed by atoms with Crippen molar-refractivity contribution in [3.63, 3.8) is 0 Å². The number of aromatic nitrogens is 4. The molecule has 3 heterocycles. The Labute approximate surface area is 113 Å². The summed E-state index contributed by atoms with van der Waals surface area (Å²) in [5.74, 6) is 1.01. The monoisotopic (exact) mass is 273 g/mol. The molecule has 19 heavy (non-hydrogen) atoms. The van der Waals surface area contributed by atoms with Crippen molar-refractivity contribution < 1.29 is 4.52 Å². The van der Waals surface area contributed by atoms with Crippen molar-refractivity contribution in [2.45, 2.75) is 13.0 Å². The molecule has 0 amide bonds. The van der Waals surface area contributed by atoms with Gasteiger partial charge in [-0.1, -0.05) is 11.2 Å². The van der Waals surface area contributed by atoms with Gasteiger partial charge in [-0.25, -0.2) is 4.98 Å². The molecule has 0 saturated carbocycles. The summed E-state index contributed by atoms with van der Waals surface area (Å²) >= 11 is 1.48. The minimum atomic E-state index is 0.416. The van der Waals surface area contributed by atoms with E-state index < -0.39 is 0 Å². The Morgan fingerprint density at radius 1 is 1.26 bits per heavy atom. The predicted molar refractivity (Wildman–Crippen MR) is 70.3 cm³/mol. The average molecular weight is 273 g/mol. The Bertz CT molecular complexity index is 664. The zero-order chi connectivity index (χ0) is 13.1. The van der Waals surface area contributed by atoms with E-state index in [1.807, 2.05) is 23.6 Å². The van der Waals surface area contributed by atoms with Gasteiger partial charge in [-0.3, -0.25) is 4.98 Å². The molecule has 0 aromatic carbocycles. The zero-order valence-electron chi connectivity index (χ0n) is 9.98. The fraction of sp³-hybridized carbons (Fsp3) is 0.167. The largest absolute Gasteiger partial charge is 0.332 e. The van der Waals surface area contributed by atoms with Crippen LogP contribution < -0.4 is 5.73 Å². The molecule has 0 unspecified atom stereocenters. The van der Waals surface area contributed by atoms with Crippen molar-refractivity contribution in [1.29, 1.82) is 0 Å². The second-order valence-electron chi connectivity index (χ2n) is 3.84. The maximum atomic E-state index is 5.52. The molecule has 3 aromatic rings. The lowest BCUT2D eigenvalue weighted by Crippen LogP contribution is -1.95. The van der Waals surface area contributed by atoms with Crippen LogP contribution in [-0.4, -0.2) is 20.1 Å². The maximum Gasteiger partial charge on any atom is 0.277 e. The third-order valence-corrected chi connectivity index (χ3v) is 3.35. The number of nitrogens with two attached hydrogens (primary N) is 1. The van der Waals surface area contributed by atoms with E-state index in [1.165, 1.54) is 11.3 Å². The van der Waals surface area contributed by atoms with E-state index >= 15 is 0 Å². The molecule has 7 heteroatoms. The second-order valence-corrected chi connectivity index (χ2v) is 4.79. The van der Waals surface area contributed by atoms with Crippen LogP contribution in [0.25, 0.3) is 11.6 Å². The van der Waals surface area contributed by atoms with Gasteiger partial charge in [-0.2, -0.15) is 4.98 Å². The molecule has 0 aliphatic heterocycles. The van der Waals surface area contributed by atoms with Gasteiger partial charge in [-0.05, 0) is 12.1 Å². The Morgan fingerprint density at radius 3 is 2.95 bits per heavy atom. The quantitative estimate of drug-likeness (QED) is 0.777. The first-order chi connectivity index (χ1) is 9.35. The summed E-state index contributed by atoms with van der Waals surface area (Å²) in [6.07, 6.45) is 2.28. The first-order valence-electron chi connectivity index (χ1n) is 5.72. The molecule has 0 radical (unpaired) electrons. The van der Waals surface area contributed by atoms with Crippen molar-refractivity contribution in [2.24, 2.45) is 5.73 Å². The van der Waals surface area contributed by atoms with Crippen LogP contribution in [0.2, 0.25) is 0 Å². The van der Waals surface area contributed by atoms with E-state index in [9.17, 15) is 0 Å². The molecule has 0 aliphatic rings.